The van der Waals surface area contributed by atoms with Gasteiger partial charge < -0.3 is 19.2 Å². The first-order chi connectivity index (χ1) is 12.1. The number of H-pyrrole nitrogens is 1. The smallest absolute Gasteiger partial charge is 0.344 e. The maximum absolute atomic E-state index is 11.3. The van der Waals surface area contributed by atoms with Crippen LogP contribution in [-0.4, -0.2) is 41.7 Å². The molecule has 1 aromatic carbocycles. The Labute approximate surface area is 146 Å². The Balaban J connectivity index is 2.00. The lowest BCUT2D eigenvalue weighted by Crippen LogP contribution is -2.15. The Morgan fingerprint density at radius 2 is 1.96 bits per heavy atom. The number of hydrogen-bond acceptors (Lipinski definition) is 6. The van der Waals surface area contributed by atoms with Crippen molar-refractivity contribution in [2.24, 2.45) is 0 Å². The standard InChI is InChI=1S/C18H22N2O5/c1-3-23-18(22)12-25-16-6-4-14(5-7-16)15(11-24-13(2)21)10-17-19-8-9-20-17/h4-9,15H,3,10-12H2,1-2H3,(H,19,20). The number of hydrogen-bond donors (Lipinski definition) is 1. The van der Waals surface area contributed by atoms with Gasteiger partial charge in [0.1, 0.15) is 11.6 Å². The molecule has 1 N–H and O–H groups in total. The van der Waals surface area contributed by atoms with E-state index in [1.807, 2.05) is 12.1 Å². The van der Waals surface area contributed by atoms with Gasteiger partial charge in [-0.2, -0.15) is 0 Å². The van der Waals surface area contributed by atoms with E-state index in [2.05, 4.69) is 9.97 Å². The maximum Gasteiger partial charge on any atom is 0.344 e. The van der Waals surface area contributed by atoms with Crippen molar-refractivity contribution in [2.45, 2.75) is 26.2 Å². The summed E-state index contributed by atoms with van der Waals surface area (Å²) in [5.74, 6) is 0.631. The summed E-state index contributed by atoms with van der Waals surface area (Å²) in [5.41, 5.74) is 0.987. The highest BCUT2D eigenvalue weighted by Gasteiger charge is 2.16. The lowest BCUT2D eigenvalue weighted by molar-refractivity contribution is -0.145. The number of aromatic amines is 1. The fraction of sp³-hybridized carbons (Fsp3) is 0.389. The van der Waals surface area contributed by atoms with E-state index >= 15 is 0 Å². The van der Waals surface area contributed by atoms with Gasteiger partial charge in [0.2, 0.25) is 0 Å². The molecule has 1 aromatic heterocycles. The summed E-state index contributed by atoms with van der Waals surface area (Å²) >= 11 is 0. The molecule has 134 valence electrons. The van der Waals surface area contributed by atoms with Crippen molar-refractivity contribution in [1.29, 1.82) is 0 Å². The van der Waals surface area contributed by atoms with E-state index in [9.17, 15) is 9.59 Å². The van der Waals surface area contributed by atoms with Gasteiger partial charge in [0, 0.05) is 31.7 Å². The molecule has 0 fully saturated rings. The first-order valence-electron chi connectivity index (χ1n) is 8.08. The molecule has 0 bridgehead atoms. The minimum absolute atomic E-state index is 0.0332. The van der Waals surface area contributed by atoms with Crippen molar-refractivity contribution in [2.75, 3.05) is 19.8 Å². The van der Waals surface area contributed by atoms with E-state index in [0.29, 0.717) is 18.8 Å². The van der Waals surface area contributed by atoms with Crippen LogP contribution in [0.5, 0.6) is 5.75 Å². The Bertz CT molecular complexity index is 667. The predicted molar refractivity (Wildman–Crippen MR) is 90.2 cm³/mol. The third-order valence-electron chi connectivity index (χ3n) is 3.50. The normalized spacial score (nSPS) is 11.6. The molecule has 0 radical (unpaired) electrons. The fourth-order valence-electron chi connectivity index (χ4n) is 2.32. The topological polar surface area (TPSA) is 90.5 Å². The van der Waals surface area contributed by atoms with Crippen molar-refractivity contribution in [3.05, 3.63) is 48.0 Å². The molecule has 1 atom stereocenters. The van der Waals surface area contributed by atoms with Crippen LogP contribution in [-0.2, 0) is 25.5 Å². The summed E-state index contributed by atoms with van der Waals surface area (Å²) < 4.78 is 15.4. The number of ether oxygens (including phenoxy) is 3. The van der Waals surface area contributed by atoms with Crippen molar-refractivity contribution >= 4 is 11.9 Å². The van der Waals surface area contributed by atoms with Crippen LogP contribution in [0.25, 0.3) is 0 Å². The van der Waals surface area contributed by atoms with Crippen molar-refractivity contribution in [3.63, 3.8) is 0 Å². The Kier molecular flexibility index (Phi) is 7.00. The Hall–Kier alpha value is -2.83. The van der Waals surface area contributed by atoms with Crippen LogP contribution in [0.2, 0.25) is 0 Å². The highest BCUT2D eigenvalue weighted by atomic mass is 16.6. The van der Waals surface area contributed by atoms with Crippen LogP contribution in [0.3, 0.4) is 0 Å². The molecule has 0 saturated carbocycles. The zero-order valence-corrected chi connectivity index (χ0v) is 14.4. The lowest BCUT2D eigenvalue weighted by atomic mass is 9.96. The van der Waals surface area contributed by atoms with E-state index < -0.39 is 5.97 Å². The molecule has 0 aliphatic heterocycles. The predicted octanol–water partition coefficient (Wildman–Crippen LogP) is 2.24. The van der Waals surface area contributed by atoms with Gasteiger partial charge >= 0.3 is 11.9 Å². The molecule has 0 amide bonds. The molecular formula is C18H22N2O5. The molecule has 1 heterocycles. The van der Waals surface area contributed by atoms with Gasteiger partial charge in [-0.1, -0.05) is 12.1 Å². The van der Waals surface area contributed by atoms with Crippen molar-refractivity contribution in [3.8, 4) is 5.75 Å². The lowest BCUT2D eigenvalue weighted by Gasteiger charge is -2.16. The number of rotatable bonds is 9. The molecule has 7 nitrogen and oxygen atoms in total. The minimum atomic E-state index is -0.405. The second-order valence-corrected chi connectivity index (χ2v) is 5.40. The van der Waals surface area contributed by atoms with Crippen LogP contribution in [0.15, 0.2) is 36.7 Å². The first-order valence-corrected chi connectivity index (χ1v) is 8.08. The average molecular weight is 346 g/mol. The zero-order valence-electron chi connectivity index (χ0n) is 14.4. The SMILES string of the molecule is CCOC(=O)COc1ccc(C(COC(C)=O)Cc2ncc[nH]2)cc1. The third-order valence-corrected chi connectivity index (χ3v) is 3.50. The van der Waals surface area contributed by atoms with Gasteiger partial charge in [-0.25, -0.2) is 9.78 Å². The largest absolute Gasteiger partial charge is 0.482 e. The summed E-state index contributed by atoms with van der Waals surface area (Å²) in [6.07, 6.45) is 4.05. The average Bonchev–Trinajstić information content (AvgIpc) is 3.10. The molecule has 7 heteroatoms. The maximum atomic E-state index is 11.3. The van der Waals surface area contributed by atoms with Crippen LogP contribution < -0.4 is 4.74 Å². The Morgan fingerprint density at radius 3 is 2.56 bits per heavy atom. The van der Waals surface area contributed by atoms with Gasteiger partial charge in [-0.3, -0.25) is 4.79 Å². The zero-order chi connectivity index (χ0) is 18.1. The summed E-state index contributed by atoms with van der Waals surface area (Å²) in [6.45, 7) is 3.59. The molecular weight excluding hydrogens is 324 g/mol. The van der Waals surface area contributed by atoms with Crippen LogP contribution in [0, 0.1) is 0 Å². The van der Waals surface area contributed by atoms with Crippen LogP contribution >= 0.6 is 0 Å². The highest BCUT2D eigenvalue weighted by molar-refractivity contribution is 5.71. The molecule has 0 saturated heterocycles. The monoisotopic (exact) mass is 346 g/mol. The second-order valence-electron chi connectivity index (χ2n) is 5.40. The molecule has 2 rings (SSSR count). The summed E-state index contributed by atoms with van der Waals surface area (Å²) in [4.78, 5) is 29.7. The van der Waals surface area contributed by atoms with E-state index in [1.54, 1.807) is 31.5 Å². The van der Waals surface area contributed by atoms with E-state index in [0.717, 1.165) is 11.4 Å². The molecule has 0 aliphatic carbocycles. The second kappa shape index (κ2) is 9.46. The molecule has 1 unspecified atom stereocenters. The number of carbonyl (C=O) groups is 2. The molecule has 2 aromatic rings. The van der Waals surface area contributed by atoms with Gasteiger partial charge in [-0.05, 0) is 24.6 Å². The summed E-state index contributed by atoms with van der Waals surface area (Å²) in [5, 5.41) is 0. The Morgan fingerprint density at radius 1 is 1.20 bits per heavy atom. The summed E-state index contributed by atoms with van der Waals surface area (Å²) in [6, 6.07) is 7.32. The fourth-order valence-corrected chi connectivity index (χ4v) is 2.32. The number of carbonyl (C=O) groups excluding carboxylic acids is 2. The first kappa shape index (κ1) is 18.5. The van der Waals surface area contributed by atoms with Crippen molar-refractivity contribution in [1.82, 2.24) is 9.97 Å². The number of imidazole rings is 1. The van der Waals surface area contributed by atoms with Gasteiger partial charge in [0.15, 0.2) is 6.61 Å². The van der Waals surface area contributed by atoms with E-state index in [1.165, 1.54) is 6.92 Å². The quantitative estimate of drug-likeness (QED) is 0.700. The van der Waals surface area contributed by atoms with E-state index in [4.69, 9.17) is 14.2 Å². The number of aromatic nitrogens is 2. The molecule has 0 aliphatic rings. The minimum Gasteiger partial charge on any atom is -0.482 e. The van der Waals surface area contributed by atoms with Gasteiger partial charge in [-0.15, -0.1) is 0 Å². The van der Waals surface area contributed by atoms with Crippen LogP contribution in [0.4, 0.5) is 0 Å². The third kappa shape index (κ3) is 6.29. The number of esters is 2. The van der Waals surface area contributed by atoms with Gasteiger partial charge in [0.25, 0.3) is 0 Å². The van der Waals surface area contributed by atoms with E-state index in [-0.39, 0.29) is 25.1 Å². The number of nitrogens with zero attached hydrogens (tertiary/aromatic N) is 1. The molecule has 25 heavy (non-hydrogen) atoms. The van der Waals surface area contributed by atoms with Crippen LogP contribution in [0.1, 0.15) is 31.2 Å². The number of benzene rings is 1. The summed E-state index contributed by atoms with van der Waals surface area (Å²) in [7, 11) is 0. The number of nitrogens with one attached hydrogen (secondary N) is 1. The van der Waals surface area contributed by atoms with Crippen molar-refractivity contribution < 1.29 is 23.8 Å². The molecule has 0 spiro atoms. The highest BCUT2D eigenvalue weighted by Crippen LogP contribution is 2.23. The van der Waals surface area contributed by atoms with Gasteiger partial charge in [0.05, 0.1) is 13.2 Å².